The minimum atomic E-state index is 0.501. The van der Waals surface area contributed by atoms with Crippen molar-refractivity contribution in [3.05, 3.63) is 0 Å². The van der Waals surface area contributed by atoms with Crippen molar-refractivity contribution >= 4 is 0 Å². The highest BCUT2D eigenvalue weighted by atomic mass is 16.5. The van der Waals surface area contributed by atoms with E-state index in [0.29, 0.717) is 11.5 Å². The lowest BCUT2D eigenvalue weighted by Gasteiger charge is -2.54. The highest BCUT2D eigenvalue weighted by Crippen LogP contribution is 2.54. The first-order valence-electron chi connectivity index (χ1n) is 8.42. The van der Waals surface area contributed by atoms with E-state index in [4.69, 9.17) is 4.74 Å². The Balaban J connectivity index is 1.45. The molecule has 3 rings (SSSR count). The van der Waals surface area contributed by atoms with Crippen LogP contribution in [0.3, 0.4) is 0 Å². The number of hydrogen-bond donors (Lipinski definition) is 1. The Hall–Kier alpha value is -0.120. The second kappa shape index (κ2) is 6.11. The van der Waals surface area contributed by atoms with Crippen molar-refractivity contribution in [2.45, 2.75) is 64.0 Å². The molecule has 2 unspecified atom stereocenters. The van der Waals surface area contributed by atoms with E-state index in [9.17, 15) is 0 Å². The topological polar surface area (TPSA) is 24.5 Å². The molecular weight excluding hydrogens is 236 g/mol. The standard InChI is InChI=1S/C16H30N2O/c1-2-19-15-13-14(16(15)7-3-4-8-16)17-9-12-18-10-5-6-11-18/h14-15,17H,2-13H2,1H3. The molecule has 2 atom stereocenters. The summed E-state index contributed by atoms with van der Waals surface area (Å²) in [5.41, 5.74) is 0.501. The molecule has 0 aromatic carbocycles. The van der Waals surface area contributed by atoms with Crippen LogP contribution in [0.2, 0.25) is 0 Å². The summed E-state index contributed by atoms with van der Waals surface area (Å²) in [6.45, 7) is 8.07. The molecule has 1 N–H and O–H groups in total. The predicted octanol–water partition coefficient (Wildman–Crippen LogP) is 2.41. The van der Waals surface area contributed by atoms with Crippen molar-refractivity contribution in [2.24, 2.45) is 5.41 Å². The van der Waals surface area contributed by atoms with Crippen molar-refractivity contribution in [2.75, 3.05) is 32.8 Å². The van der Waals surface area contributed by atoms with E-state index >= 15 is 0 Å². The molecule has 3 heteroatoms. The first-order valence-corrected chi connectivity index (χ1v) is 8.42. The van der Waals surface area contributed by atoms with Crippen LogP contribution in [-0.4, -0.2) is 49.8 Å². The fraction of sp³-hybridized carbons (Fsp3) is 1.00. The maximum Gasteiger partial charge on any atom is 0.0661 e. The Morgan fingerprint density at radius 2 is 1.89 bits per heavy atom. The summed E-state index contributed by atoms with van der Waals surface area (Å²) in [5, 5.41) is 3.85. The molecular formula is C16H30N2O. The van der Waals surface area contributed by atoms with Gasteiger partial charge in [-0.25, -0.2) is 0 Å². The normalized spacial score (nSPS) is 33.9. The molecule has 0 amide bonds. The van der Waals surface area contributed by atoms with E-state index in [1.807, 2.05) is 0 Å². The molecule has 0 aromatic heterocycles. The zero-order valence-corrected chi connectivity index (χ0v) is 12.5. The lowest BCUT2D eigenvalue weighted by Crippen LogP contribution is -2.63. The molecule has 3 aliphatic rings. The van der Waals surface area contributed by atoms with Gasteiger partial charge in [-0.2, -0.15) is 0 Å². The zero-order chi connectivity index (χ0) is 13.1. The van der Waals surface area contributed by atoms with Gasteiger partial charge < -0.3 is 15.0 Å². The first kappa shape index (κ1) is 13.8. The number of ether oxygens (including phenoxy) is 1. The van der Waals surface area contributed by atoms with Gasteiger partial charge in [0.25, 0.3) is 0 Å². The second-order valence-corrected chi connectivity index (χ2v) is 6.68. The molecule has 1 aliphatic heterocycles. The molecule has 110 valence electrons. The average Bonchev–Trinajstić information content (AvgIpc) is 3.09. The first-order chi connectivity index (χ1) is 9.35. The van der Waals surface area contributed by atoms with Gasteiger partial charge in [-0.05, 0) is 52.1 Å². The summed E-state index contributed by atoms with van der Waals surface area (Å²) in [7, 11) is 0. The Morgan fingerprint density at radius 1 is 1.16 bits per heavy atom. The summed E-state index contributed by atoms with van der Waals surface area (Å²) in [6, 6.07) is 0.731. The Kier molecular flexibility index (Phi) is 4.45. The molecule has 3 nitrogen and oxygen atoms in total. The van der Waals surface area contributed by atoms with Gasteiger partial charge in [0, 0.05) is 31.2 Å². The van der Waals surface area contributed by atoms with Crippen LogP contribution in [0.5, 0.6) is 0 Å². The van der Waals surface area contributed by atoms with Crippen LogP contribution in [0.1, 0.15) is 51.9 Å². The van der Waals surface area contributed by atoms with E-state index < -0.39 is 0 Å². The van der Waals surface area contributed by atoms with Crippen LogP contribution in [0.15, 0.2) is 0 Å². The zero-order valence-electron chi connectivity index (χ0n) is 12.5. The molecule has 0 aromatic rings. The smallest absolute Gasteiger partial charge is 0.0661 e. The van der Waals surface area contributed by atoms with Crippen LogP contribution in [0, 0.1) is 5.41 Å². The van der Waals surface area contributed by atoms with E-state index in [-0.39, 0.29) is 0 Å². The lowest BCUT2D eigenvalue weighted by molar-refractivity contribution is -0.130. The molecule has 1 saturated heterocycles. The van der Waals surface area contributed by atoms with Gasteiger partial charge in [0.2, 0.25) is 0 Å². The molecule has 1 spiro atoms. The van der Waals surface area contributed by atoms with Crippen molar-refractivity contribution in [3.63, 3.8) is 0 Å². The summed E-state index contributed by atoms with van der Waals surface area (Å²) >= 11 is 0. The van der Waals surface area contributed by atoms with Crippen molar-refractivity contribution in [1.29, 1.82) is 0 Å². The van der Waals surface area contributed by atoms with Gasteiger partial charge in [-0.3, -0.25) is 0 Å². The van der Waals surface area contributed by atoms with Gasteiger partial charge in [-0.15, -0.1) is 0 Å². The highest BCUT2D eigenvalue weighted by Gasteiger charge is 2.56. The van der Waals surface area contributed by atoms with Crippen molar-refractivity contribution in [3.8, 4) is 0 Å². The second-order valence-electron chi connectivity index (χ2n) is 6.68. The number of likely N-dealkylation sites (tertiary alicyclic amines) is 1. The summed E-state index contributed by atoms with van der Waals surface area (Å²) < 4.78 is 5.98. The van der Waals surface area contributed by atoms with E-state index in [1.54, 1.807) is 0 Å². The molecule has 2 aliphatic carbocycles. The average molecular weight is 266 g/mol. The maximum absolute atomic E-state index is 5.98. The molecule has 3 fully saturated rings. The van der Waals surface area contributed by atoms with Crippen LogP contribution in [0.4, 0.5) is 0 Å². The van der Waals surface area contributed by atoms with E-state index in [0.717, 1.165) is 12.6 Å². The minimum absolute atomic E-state index is 0.501. The van der Waals surface area contributed by atoms with Crippen molar-refractivity contribution < 1.29 is 4.74 Å². The third-order valence-electron chi connectivity index (χ3n) is 5.70. The van der Waals surface area contributed by atoms with Crippen LogP contribution < -0.4 is 5.32 Å². The minimum Gasteiger partial charge on any atom is -0.378 e. The highest BCUT2D eigenvalue weighted by molar-refractivity contribution is 5.09. The largest absolute Gasteiger partial charge is 0.378 e. The van der Waals surface area contributed by atoms with Crippen LogP contribution >= 0.6 is 0 Å². The number of nitrogens with one attached hydrogen (secondary N) is 1. The fourth-order valence-corrected chi connectivity index (χ4v) is 4.58. The van der Waals surface area contributed by atoms with E-state index in [1.165, 1.54) is 71.1 Å². The van der Waals surface area contributed by atoms with Gasteiger partial charge >= 0.3 is 0 Å². The lowest BCUT2D eigenvalue weighted by atomic mass is 9.60. The monoisotopic (exact) mass is 266 g/mol. The molecule has 0 bridgehead atoms. The fourth-order valence-electron chi connectivity index (χ4n) is 4.58. The van der Waals surface area contributed by atoms with Gasteiger partial charge in [0.05, 0.1) is 6.10 Å². The SMILES string of the molecule is CCOC1CC(NCCN2CCCC2)C12CCCC2. The Bertz CT molecular complexity index is 282. The third kappa shape index (κ3) is 2.70. The van der Waals surface area contributed by atoms with Crippen LogP contribution in [-0.2, 0) is 4.74 Å². The number of hydrogen-bond acceptors (Lipinski definition) is 3. The quantitative estimate of drug-likeness (QED) is 0.799. The Morgan fingerprint density at radius 3 is 2.58 bits per heavy atom. The van der Waals surface area contributed by atoms with E-state index in [2.05, 4.69) is 17.1 Å². The Labute approximate surface area is 118 Å². The molecule has 0 radical (unpaired) electrons. The maximum atomic E-state index is 5.98. The van der Waals surface area contributed by atoms with Crippen LogP contribution in [0.25, 0.3) is 0 Å². The predicted molar refractivity (Wildman–Crippen MR) is 78.4 cm³/mol. The summed E-state index contributed by atoms with van der Waals surface area (Å²) in [4.78, 5) is 2.60. The van der Waals surface area contributed by atoms with Gasteiger partial charge in [-0.1, -0.05) is 12.8 Å². The molecule has 1 heterocycles. The third-order valence-corrected chi connectivity index (χ3v) is 5.70. The number of nitrogens with zero attached hydrogens (tertiary/aromatic N) is 1. The summed E-state index contributed by atoms with van der Waals surface area (Å²) in [5.74, 6) is 0. The summed E-state index contributed by atoms with van der Waals surface area (Å²) in [6.07, 6.45) is 10.2. The molecule has 19 heavy (non-hydrogen) atoms. The van der Waals surface area contributed by atoms with Gasteiger partial charge in [0.15, 0.2) is 0 Å². The number of rotatable bonds is 6. The molecule has 2 saturated carbocycles. The van der Waals surface area contributed by atoms with Crippen molar-refractivity contribution in [1.82, 2.24) is 10.2 Å². The van der Waals surface area contributed by atoms with Gasteiger partial charge in [0.1, 0.15) is 0 Å².